The number of carboxylic acid groups (broad SMARTS) is 1. The van der Waals surface area contributed by atoms with E-state index in [0.29, 0.717) is 5.56 Å². The Balaban J connectivity index is 1.65. The SMILES string of the molecule is O=C(O)c1ccc(C2CC2)c(S(=O)(=O)Nc2cc(-n3cnnn3)c(F)cc2-n2cccc2)c1. The van der Waals surface area contributed by atoms with Crippen LogP contribution in [0.4, 0.5) is 10.1 Å². The number of benzene rings is 2. The second kappa shape index (κ2) is 7.81. The third-order valence-corrected chi connectivity index (χ3v) is 6.78. The Labute approximate surface area is 187 Å². The summed E-state index contributed by atoms with van der Waals surface area (Å²) >= 11 is 0. The molecule has 1 fully saturated rings. The lowest BCUT2D eigenvalue weighted by molar-refractivity contribution is 0.0696. The van der Waals surface area contributed by atoms with E-state index in [4.69, 9.17) is 0 Å². The lowest BCUT2D eigenvalue weighted by Gasteiger charge is -2.17. The summed E-state index contributed by atoms with van der Waals surface area (Å²) in [5.41, 5.74) is 0.660. The van der Waals surface area contributed by atoms with Crippen molar-refractivity contribution in [2.75, 3.05) is 4.72 Å². The maximum atomic E-state index is 14.9. The number of carboxylic acids is 1. The van der Waals surface area contributed by atoms with Crippen molar-refractivity contribution in [1.82, 2.24) is 24.8 Å². The molecule has 12 heteroatoms. The molecular formula is C21H17FN6O4S. The number of nitrogens with zero attached hydrogens (tertiary/aromatic N) is 5. The molecule has 0 atom stereocenters. The van der Waals surface area contributed by atoms with Gasteiger partial charge in [-0.3, -0.25) is 4.72 Å². The number of anilines is 1. The molecular weight excluding hydrogens is 451 g/mol. The minimum atomic E-state index is -4.23. The number of tetrazole rings is 1. The van der Waals surface area contributed by atoms with E-state index in [1.807, 2.05) is 0 Å². The molecule has 2 heterocycles. The molecule has 33 heavy (non-hydrogen) atoms. The number of hydrogen-bond donors (Lipinski definition) is 2. The van der Waals surface area contributed by atoms with Gasteiger partial charge < -0.3 is 9.67 Å². The Bertz CT molecular complexity index is 1450. The van der Waals surface area contributed by atoms with Crippen molar-refractivity contribution in [1.29, 1.82) is 0 Å². The summed E-state index contributed by atoms with van der Waals surface area (Å²) in [6, 6.07) is 9.98. The fourth-order valence-electron chi connectivity index (χ4n) is 3.62. The first-order chi connectivity index (χ1) is 15.8. The van der Waals surface area contributed by atoms with Crippen LogP contribution in [0.1, 0.15) is 34.7 Å². The Kier molecular flexibility index (Phi) is 4.93. The predicted octanol–water partition coefficient (Wildman–Crippen LogP) is 2.97. The lowest BCUT2D eigenvalue weighted by Crippen LogP contribution is -2.18. The molecule has 2 aromatic heterocycles. The highest BCUT2D eigenvalue weighted by Gasteiger charge is 2.32. The van der Waals surface area contributed by atoms with Crippen molar-refractivity contribution in [2.24, 2.45) is 0 Å². The van der Waals surface area contributed by atoms with E-state index in [9.17, 15) is 22.7 Å². The van der Waals surface area contributed by atoms with Crippen molar-refractivity contribution in [3.8, 4) is 11.4 Å². The minimum absolute atomic E-state index is 0.0494. The number of hydrogen-bond acceptors (Lipinski definition) is 6. The van der Waals surface area contributed by atoms with Gasteiger partial charge in [0, 0.05) is 18.5 Å². The van der Waals surface area contributed by atoms with E-state index in [2.05, 4.69) is 20.2 Å². The van der Waals surface area contributed by atoms with Gasteiger partial charge in [0.05, 0.1) is 21.8 Å². The van der Waals surface area contributed by atoms with E-state index in [1.165, 1.54) is 24.5 Å². The number of carbonyl (C=O) groups is 1. The van der Waals surface area contributed by atoms with Gasteiger partial charge in [0.2, 0.25) is 0 Å². The number of aromatic carboxylic acids is 1. The molecule has 0 spiro atoms. The van der Waals surface area contributed by atoms with Gasteiger partial charge in [-0.2, -0.15) is 4.68 Å². The molecule has 0 amide bonds. The largest absolute Gasteiger partial charge is 0.478 e. The fraction of sp³-hybridized carbons (Fsp3) is 0.143. The second-order valence-electron chi connectivity index (χ2n) is 7.60. The molecule has 4 aromatic rings. The highest BCUT2D eigenvalue weighted by molar-refractivity contribution is 7.92. The van der Waals surface area contributed by atoms with Gasteiger partial charge in [-0.15, -0.1) is 5.10 Å². The molecule has 0 aliphatic heterocycles. The van der Waals surface area contributed by atoms with Gasteiger partial charge in [-0.05, 0) is 65.1 Å². The predicted molar refractivity (Wildman–Crippen MR) is 115 cm³/mol. The van der Waals surface area contributed by atoms with E-state index < -0.39 is 21.8 Å². The topological polar surface area (TPSA) is 132 Å². The smallest absolute Gasteiger partial charge is 0.335 e. The highest BCUT2D eigenvalue weighted by atomic mass is 32.2. The van der Waals surface area contributed by atoms with Gasteiger partial charge in [0.1, 0.15) is 12.0 Å². The number of halogens is 1. The van der Waals surface area contributed by atoms with Crippen LogP contribution in [0.5, 0.6) is 0 Å². The fourth-order valence-corrected chi connectivity index (χ4v) is 5.01. The van der Waals surface area contributed by atoms with Gasteiger partial charge in [-0.1, -0.05) is 6.07 Å². The maximum absolute atomic E-state index is 14.9. The molecule has 1 aliphatic carbocycles. The molecule has 0 unspecified atom stereocenters. The Hall–Kier alpha value is -4.06. The van der Waals surface area contributed by atoms with Crippen LogP contribution in [0, 0.1) is 5.82 Å². The number of sulfonamides is 1. The zero-order chi connectivity index (χ0) is 23.2. The zero-order valence-corrected chi connectivity index (χ0v) is 17.8. The molecule has 10 nitrogen and oxygen atoms in total. The van der Waals surface area contributed by atoms with Gasteiger partial charge >= 0.3 is 5.97 Å². The van der Waals surface area contributed by atoms with E-state index in [0.717, 1.165) is 23.6 Å². The van der Waals surface area contributed by atoms with Crippen molar-refractivity contribution < 1.29 is 22.7 Å². The summed E-state index contributed by atoms with van der Waals surface area (Å²) in [7, 11) is -4.23. The van der Waals surface area contributed by atoms with Crippen LogP contribution in [-0.4, -0.2) is 44.3 Å². The van der Waals surface area contributed by atoms with E-state index in [1.54, 1.807) is 35.2 Å². The average Bonchev–Trinajstić information content (AvgIpc) is 3.24. The summed E-state index contributed by atoms with van der Waals surface area (Å²) in [4.78, 5) is 11.4. The number of aromatic nitrogens is 5. The second-order valence-corrected chi connectivity index (χ2v) is 9.25. The van der Waals surface area contributed by atoms with Crippen molar-refractivity contribution >= 4 is 21.7 Å². The van der Waals surface area contributed by atoms with Gasteiger partial charge in [0.15, 0.2) is 5.82 Å². The first-order valence-electron chi connectivity index (χ1n) is 9.94. The molecule has 0 radical (unpaired) electrons. The summed E-state index contributed by atoms with van der Waals surface area (Å²) < 4.78 is 47.0. The van der Waals surface area contributed by atoms with Gasteiger partial charge in [-0.25, -0.2) is 17.6 Å². The first-order valence-corrected chi connectivity index (χ1v) is 11.4. The van der Waals surface area contributed by atoms with Gasteiger partial charge in [0.25, 0.3) is 10.0 Å². The number of nitrogens with one attached hydrogen (secondary N) is 1. The molecule has 2 N–H and O–H groups in total. The molecule has 2 aromatic carbocycles. The third-order valence-electron chi connectivity index (χ3n) is 5.36. The molecule has 1 aliphatic rings. The van der Waals surface area contributed by atoms with Crippen molar-refractivity contribution in [2.45, 2.75) is 23.7 Å². The summed E-state index contributed by atoms with van der Waals surface area (Å²) in [6.07, 6.45) is 6.12. The number of rotatable bonds is 7. The van der Waals surface area contributed by atoms with Crippen LogP contribution >= 0.6 is 0 Å². The molecule has 168 valence electrons. The molecule has 0 bridgehead atoms. The highest BCUT2D eigenvalue weighted by Crippen LogP contribution is 2.43. The summed E-state index contributed by atoms with van der Waals surface area (Å²) in [5, 5.41) is 20.0. The van der Waals surface area contributed by atoms with Crippen molar-refractivity contribution in [3.05, 3.63) is 78.1 Å². The van der Waals surface area contributed by atoms with Crippen molar-refractivity contribution in [3.63, 3.8) is 0 Å². The standard InChI is InChI=1S/C21H17FN6O4S/c22-16-10-19(27-7-1-2-8-27)17(11-18(16)28-12-23-25-26-28)24-33(31,32)20-9-14(21(29)30)5-6-15(20)13-3-4-13/h1-2,5-13,24H,3-4H2,(H,29,30). The van der Waals surface area contributed by atoms with Crippen LogP contribution in [0.2, 0.25) is 0 Å². The van der Waals surface area contributed by atoms with Crippen LogP contribution < -0.4 is 4.72 Å². The monoisotopic (exact) mass is 468 g/mol. The third kappa shape index (κ3) is 3.96. The van der Waals surface area contributed by atoms with Crippen LogP contribution in [0.15, 0.2) is 66.1 Å². The van der Waals surface area contributed by atoms with E-state index in [-0.39, 0.29) is 33.4 Å². The Morgan fingerprint density at radius 3 is 2.52 bits per heavy atom. The Morgan fingerprint density at radius 2 is 1.88 bits per heavy atom. The van der Waals surface area contributed by atoms with Crippen LogP contribution in [0.25, 0.3) is 11.4 Å². The lowest BCUT2D eigenvalue weighted by atomic mass is 10.1. The Morgan fingerprint density at radius 1 is 1.12 bits per heavy atom. The zero-order valence-electron chi connectivity index (χ0n) is 17.0. The van der Waals surface area contributed by atoms with Crippen LogP contribution in [0.3, 0.4) is 0 Å². The summed E-state index contributed by atoms with van der Waals surface area (Å²) in [6.45, 7) is 0. The minimum Gasteiger partial charge on any atom is -0.478 e. The normalized spacial score (nSPS) is 13.7. The van der Waals surface area contributed by atoms with E-state index >= 15 is 0 Å². The first kappa shape index (κ1) is 20.8. The van der Waals surface area contributed by atoms with Crippen LogP contribution in [-0.2, 0) is 10.0 Å². The molecule has 0 saturated heterocycles. The molecule has 1 saturated carbocycles. The summed E-state index contributed by atoms with van der Waals surface area (Å²) in [5.74, 6) is -1.85. The average molecular weight is 468 g/mol. The molecule has 5 rings (SSSR count). The maximum Gasteiger partial charge on any atom is 0.335 e. The quantitative estimate of drug-likeness (QED) is 0.426.